The molecule has 0 aliphatic heterocycles. The molecule has 1 N–H and O–H groups in total. The lowest BCUT2D eigenvalue weighted by Gasteiger charge is -2.21. The van der Waals surface area contributed by atoms with Crippen LogP contribution in [0, 0.1) is 0 Å². The predicted molar refractivity (Wildman–Crippen MR) is 98.9 cm³/mol. The number of carbonyl (C=O) groups excluding carboxylic acids is 1. The van der Waals surface area contributed by atoms with Crippen LogP contribution in [0.1, 0.15) is 20.8 Å². The van der Waals surface area contributed by atoms with Gasteiger partial charge in [0.25, 0.3) is 0 Å². The quantitative estimate of drug-likeness (QED) is 0.725. The van der Waals surface area contributed by atoms with Crippen LogP contribution in [-0.2, 0) is 9.47 Å². The Balaban J connectivity index is 2.39. The molecule has 0 fully saturated rings. The average molecular weight is 396 g/mol. The Morgan fingerprint density at radius 3 is 2.54 bits per heavy atom. The van der Waals surface area contributed by atoms with Crippen LogP contribution in [0.25, 0.3) is 10.8 Å². The Morgan fingerprint density at radius 2 is 1.88 bits per heavy atom. The lowest BCUT2D eigenvalue weighted by atomic mass is 10.1. The average Bonchev–Trinajstić information content (AvgIpc) is 2.47. The summed E-state index contributed by atoms with van der Waals surface area (Å²) in [7, 11) is 1.61. The molecule has 0 aliphatic carbocycles. The van der Waals surface area contributed by atoms with Crippen molar-refractivity contribution in [1.82, 2.24) is 0 Å². The maximum atomic E-state index is 12.2. The molecule has 0 aromatic heterocycles. The highest BCUT2D eigenvalue weighted by Crippen LogP contribution is 2.35. The molecule has 0 saturated heterocycles. The van der Waals surface area contributed by atoms with Gasteiger partial charge in [-0.05, 0) is 44.4 Å². The van der Waals surface area contributed by atoms with Gasteiger partial charge in [0.05, 0.1) is 12.3 Å². The Hall–Kier alpha value is -1.79. The first-order chi connectivity index (χ1) is 11.3. The van der Waals surface area contributed by atoms with Crippen LogP contribution in [0.2, 0.25) is 0 Å². The van der Waals surface area contributed by atoms with E-state index >= 15 is 0 Å². The summed E-state index contributed by atoms with van der Waals surface area (Å²) in [4.78, 5) is 12.2. The summed E-state index contributed by atoms with van der Waals surface area (Å²) in [6.45, 7) is 6.31. The van der Waals surface area contributed by atoms with Gasteiger partial charge in [0.15, 0.2) is 0 Å². The van der Waals surface area contributed by atoms with E-state index in [0.717, 1.165) is 15.2 Å². The molecular weight excluding hydrogens is 374 g/mol. The van der Waals surface area contributed by atoms with Gasteiger partial charge in [-0.1, -0.05) is 28.1 Å². The fourth-order valence-corrected chi connectivity index (χ4v) is 2.52. The van der Waals surface area contributed by atoms with Crippen LogP contribution in [0.3, 0.4) is 0 Å². The number of methoxy groups -OCH3 is 1. The number of ether oxygens (including phenoxy) is 3. The molecular formula is C18H22BrNO4. The molecule has 2 aromatic rings. The number of hydrogen-bond donors (Lipinski definition) is 1. The van der Waals surface area contributed by atoms with Crippen LogP contribution in [0.5, 0.6) is 5.75 Å². The van der Waals surface area contributed by atoms with Crippen molar-refractivity contribution in [2.45, 2.75) is 26.4 Å². The van der Waals surface area contributed by atoms with E-state index in [0.29, 0.717) is 24.7 Å². The summed E-state index contributed by atoms with van der Waals surface area (Å²) >= 11 is 3.47. The van der Waals surface area contributed by atoms with Gasteiger partial charge in [-0.3, -0.25) is 5.32 Å². The Labute approximate surface area is 150 Å². The van der Waals surface area contributed by atoms with E-state index in [4.69, 9.17) is 14.2 Å². The van der Waals surface area contributed by atoms with Crippen molar-refractivity contribution >= 4 is 38.5 Å². The van der Waals surface area contributed by atoms with Crippen molar-refractivity contribution in [3.63, 3.8) is 0 Å². The lowest BCUT2D eigenvalue weighted by Crippen LogP contribution is -2.27. The monoisotopic (exact) mass is 395 g/mol. The number of halogens is 1. The number of fused-ring (bicyclic) bond motifs is 1. The first-order valence-electron chi connectivity index (χ1n) is 7.64. The molecule has 0 atom stereocenters. The minimum Gasteiger partial charge on any atom is -0.489 e. The highest BCUT2D eigenvalue weighted by molar-refractivity contribution is 9.10. The molecule has 2 aromatic carbocycles. The van der Waals surface area contributed by atoms with Crippen molar-refractivity contribution in [1.29, 1.82) is 0 Å². The lowest BCUT2D eigenvalue weighted by molar-refractivity contribution is 0.0635. The van der Waals surface area contributed by atoms with Gasteiger partial charge in [0.2, 0.25) is 0 Å². The molecule has 24 heavy (non-hydrogen) atoms. The van der Waals surface area contributed by atoms with Gasteiger partial charge in [0, 0.05) is 17.0 Å². The summed E-state index contributed by atoms with van der Waals surface area (Å²) in [6, 6.07) is 9.64. The second-order valence-corrected chi connectivity index (χ2v) is 7.19. The zero-order chi connectivity index (χ0) is 17.7. The van der Waals surface area contributed by atoms with E-state index in [1.165, 1.54) is 0 Å². The van der Waals surface area contributed by atoms with Crippen LogP contribution in [0.4, 0.5) is 10.5 Å². The van der Waals surface area contributed by atoms with Gasteiger partial charge in [-0.2, -0.15) is 0 Å². The van der Waals surface area contributed by atoms with E-state index in [-0.39, 0.29) is 0 Å². The molecule has 0 radical (unpaired) electrons. The van der Waals surface area contributed by atoms with Gasteiger partial charge >= 0.3 is 6.09 Å². The van der Waals surface area contributed by atoms with E-state index < -0.39 is 11.7 Å². The van der Waals surface area contributed by atoms with Gasteiger partial charge < -0.3 is 14.2 Å². The predicted octanol–water partition coefficient (Wildman–Crippen LogP) is 4.97. The number of hydrogen-bond acceptors (Lipinski definition) is 4. The normalized spacial score (nSPS) is 11.4. The molecule has 130 valence electrons. The Bertz CT molecular complexity index is 725. The highest BCUT2D eigenvalue weighted by Gasteiger charge is 2.19. The van der Waals surface area contributed by atoms with E-state index in [9.17, 15) is 4.79 Å². The maximum Gasteiger partial charge on any atom is 0.412 e. The minimum atomic E-state index is -0.577. The summed E-state index contributed by atoms with van der Waals surface area (Å²) in [5.41, 5.74) is 0.00549. The Morgan fingerprint density at radius 1 is 1.17 bits per heavy atom. The van der Waals surface area contributed by atoms with Crippen molar-refractivity contribution < 1.29 is 19.0 Å². The van der Waals surface area contributed by atoms with Crippen molar-refractivity contribution in [2.75, 3.05) is 25.6 Å². The number of carbonyl (C=O) groups is 1. The molecule has 0 heterocycles. The molecule has 2 rings (SSSR count). The second kappa shape index (κ2) is 7.85. The highest BCUT2D eigenvalue weighted by atomic mass is 79.9. The van der Waals surface area contributed by atoms with Gasteiger partial charge in [-0.25, -0.2) is 4.79 Å². The van der Waals surface area contributed by atoms with Gasteiger partial charge in [-0.15, -0.1) is 0 Å². The van der Waals surface area contributed by atoms with Crippen molar-refractivity contribution in [3.05, 3.63) is 34.8 Å². The zero-order valence-electron chi connectivity index (χ0n) is 14.3. The van der Waals surface area contributed by atoms with E-state index in [2.05, 4.69) is 21.2 Å². The first kappa shape index (κ1) is 18.5. The van der Waals surface area contributed by atoms with E-state index in [1.807, 2.05) is 51.1 Å². The third kappa shape index (κ3) is 5.11. The fraction of sp³-hybridized carbons (Fsp3) is 0.389. The van der Waals surface area contributed by atoms with Crippen molar-refractivity contribution in [3.8, 4) is 5.75 Å². The second-order valence-electron chi connectivity index (χ2n) is 6.27. The van der Waals surface area contributed by atoms with Crippen LogP contribution in [-0.4, -0.2) is 32.0 Å². The fourth-order valence-electron chi connectivity index (χ4n) is 2.16. The molecule has 1 amide bonds. The topological polar surface area (TPSA) is 56.8 Å². The largest absolute Gasteiger partial charge is 0.489 e. The Kier molecular flexibility index (Phi) is 6.07. The molecule has 0 aliphatic rings. The van der Waals surface area contributed by atoms with Gasteiger partial charge in [0.1, 0.15) is 18.0 Å². The SMILES string of the molecule is COCCOc1ccc2ccc(Br)cc2c1NC(=O)OC(C)(C)C. The first-order valence-corrected chi connectivity index (χ1v) is 8.43. The smallest absolute Gasteiger partial charge is 0.412 e. The van der Waals surface area contributed by atoms with Crippen LogP contribution < -0.4 is 10.1 Å². The summed E-state index contributed by atoms with van der Waals surface area (Å²) in [5, 5.41) is 4.67. The minimum absolute atomic E-state index is 0.388. The molecule has 5 nitrogen and oxygen atoms in total. The molecule has 0 unspecified atom stereocenters. The summed E-state index contributed by atoms with van der Waals surface area (Å²) in [5.74, 6) is 0.573. The number of amides is 1. The van der Waals surface area contributed by atoms with Crippen LogP contribution in [0.15, 0.2) is 34.8 Å². The van der Waals surface area contributed by atoms with Crippen LogP contribution >= 0.6 is 15.9 Å². The third-order valence-electron chi connectivity index (χ3n) is 3.12. The number of nitrogens with one attached hydrogen (secondary N) is 1. The van der Waals surface area contributed by atoms with E-state index in [1.54, 1.807) is 7.11 Å². The summed E-state index contributed by atoms with van der Waals surface area (Å²) in [6.07, 6.45) is -0.522. The molecule has 0 bridgehead atoms. The molecule has 0 saturated carbocycles. The van der Waals surface area contributed by atoms with Crippen molar-refractivity contribution in [2.24, 2.45) is 0 Å². The summed E-state index contributed by atoms with van der Waals surface area (Å²) < 4.78 is 17.0. The number of anilines is 1. The number of benzene rings is 2. The molecule has 0 spiro atoms. The molecule has 6 heteroatoms. The third-order valence-corrected chi connectivity index (χ3v) is 3.61. The zero-order valence-corrected chi connectivity index (χ0v) is 15.9. The standard InChI is InChI=1S/C18H22BrNO4/c1-18(2,3)24-17(21)20-16-14-11-13(19)7-5-12(14)6-8-15(16)23-10-9-22-4/h5-8,11H,9-10H2,1-4H3,(H,20,21). The maximum absolute atomic E-state index is 12.2. The number of rotatable bonds is 5.